The number of hydrogen-bond acceptors (Lipinski definition) is 3. The first-order valence-electron chi connectivity index (χ1n) is 10.2. The molecule has 4 nitrogen and oxygen atoms in total. The van der Waals surface area contributed by atoms with Gasteiger partial charge in [-0.1, -0.05) is 91.0 Å². The zero-order valence-corrected chi connectivity index (χ0v) is 16.7. The van der Waals surface area contributed by atoms with E-state index < -0.39 is 35.7 Å². The SMILES string of the molecule is C[C@H](OC(=O)[C@H]1[C@@H](c2ccccc2)[C@H](C(=O)O)[C@@H]1c1ccccc1)c1ccccc1. The van der Waals surface area contributed by atoms with E-state index in [-0.39, 0.29) is 5.97 Å². The summed E-state index contributed by atoms with van der Waals surface area (Å²) in [5, 5.41) is 10.0. The number of benzene rings is 3. The fourth-order valence-corrected chi connectivity index (χ4v) is 4.57. The molecule has 1 aliphatic carbocycles. The summed E-state index contributed by atoms with van der Waals surface area (Å²) in [6.07, 6.45) is -0.407. The molecular formula is C26H24O4. The molecule has 1 saturated carbocycles. The first-order valence-corrected chi connectivity index (χ1v) is 10.2. The predicted octanol–water partition coefficient (Wildman–Crippen LogP) is 5.19. The van der Waals surface area contributed by atoms with Crippen molar-refractivity contribution in [1.82, 2.24) is 0 Å². The third-order valence-electron chi connectivity index (χ3n) is 6.04. The largest absolute Gasteiger partial charge is 0.481 e. The standard InChI is InChI=1S/C26H24O4/c1-17(18-11-5-2-6-12-18)30-26(29)24-21(19-13-7-3-8-14-19)23(25(27)28)22(24)20-15-9-4-10-16-20/h2-17,21-24H,1H3,(H,27,28)/t17-,21-,22-,23-,24-/m0/s1. The normalized spacial score (nSPS) is 23.8. The summed E-state index contributed by atoms with van der Waals surface area (Å²) in [6, 6.07) is 28.4. The minimum Gasteiger partial charge on any atom is -0.481 e. The second-order valence-corrected chi connectivity index (χ2v) is 7.75. The monoisotopic (exact) mass is 400 g/mol. The van der Waals surface area contributed by atoms with Crippen molar-refractivity contribution in [2.45, 2.75) is 24.9 Å². The molecule has 0 saturated heterocycles. The van der Waals surface area contributed by atoms with Crippen molar-refractivity contribution in [2.75, 3.05) is 0 Å². The molecule has 3 atom stereocenters. The van der Waals surface area contributed by atoms with Crippen molar-refractivity contribution in [1.29, 1.82) is 0 Å². The molecule has 0 bridgehead atoms. The lowest BCUT2D eigenvalue weighted by molar-refractivity contribution is -0.167. The van der Waals surface area contributed by atoms with E-state index in [4.69, 9.17) is 4.74 Å². The molecule has 1 fully saturated rings. The molecule has 0 heterocycles. The Bertz CT molecular complexity index is 953. The lowest BCUT2D eigenvalue weighted by Crippen LogP contribution is -2.51. The first-order chi connectivity index (χ1) is 14.6. The Balaban J connectivity index is 1.68. The number of carboxylic acid groups (broad SMARTS) is 1. The van der Waals surface area contributed by atoms with E-state index >= 15 is 0 Å². The molecule has 152 valence electrons. The quantitative estimate of drug-likeness (QED) is 0.579. The lowest BCUT2D eigenvalue weighted by Gasteiger charge is -2.49. The van der Waals surface area contributed by atoms with Crippen molar-refractivity contribution in [3.63, 3.8) is 0 Å². The molecule has 0 aromatic heterocycles. The summed E-state index contributed by atoms with van der Waals surface area (Å²) in [7, 11) is 0. The van der Waals surface area contributed by atoms with Crippen molar-refractivity contribution in [3.05, 3.63) is 108 Å². The van der Waals surface area contributed by atoms with E-state index in [0.29, 0.717) is 0 Å². The fourth-order valence-electron chi connectivity index (χ4n) is 4.57. The van der Waals surface area contributed by atoms with Crippen LogP contribution in [0.25, 0.3) is 0 Å². The molecule has 4 rings (SSSR count). The molecule has 3 aromatic carbocycles. The Labute approximate surface area is 176 Å². The maximum atomic E-state index is 13.3. The summed E-state index contributed by atoms with van der Waals surface area (Å²) >= 11 is 0. The van der Waals surface area contributed by atoms with E-state index in [2.05, 4.69) is 0 Å². The first kappa shape index (κ1) is 19.9. The van der Waals surface area contributed by atoms with Gasteiger partial charge in [0.05, 0.1) is 11.8 Å². The van der Waals surface area contributed by atoms with Gasteiger partial charge in [0.25, 0.3) is 0 Å². The Hall–Kier alpha value is -3.40. The van der Waals surface area contributed by atoms with Gasteiger partial charge in [-0.05, 0) is 23.6 Å². The van der Waals surface area contributed by atoms with Crippen molar-refractivity contribution >= 4 is 11.9 Å². The van der Waals surface area contributed by atoms with E-state index in [9.17, 15) is 14.7 Å². The number of carbonyl (C=O) groups is 2. The molecule has 30 heavy (non-hydrogen) atoms. The average molecular weight is 400 g/mol. The smallest absolute Gasteiger partial charge is 0.310 e. The zero-order valence-electron chi connectivity index (χ0n) is 16.7. The van der Waals surface area contributed by atoms with Crippen molar-refractivity contribution in [2.24, 2.45) is 11.8 Å². The van der Waals surface area contributed by atoms with Crippen LogP contribution in [0.5, 0.6) is 0 Å². The van der Waals surface area contributed by atoms with Gasteiger partial charge in [0.2, 0.25) is 0 Å². The molecule has 0 aliphatic heterocycles. The summed E-state index contributed by atoms with van der Waals surface area (Å²) < 4.78 is 5.84. The second-order valence-electron chi connectivity index (χ2n) is 7.75. The van der Waals surface area contributed by atoms with Crippen LogP contribution in [0.1, 0.15) is 41.6 Å². The highest BCUT2D eigenvalue weighted by molar-refractivity contribution is 5.84. The number of rotatable bonds is 6. The molecule has 0 unspecified atom stereocenters. The van der Waals surface area contributed by atoms with Gasteiger partial charge in [0, 0.05) is 11.8 Å². The number of aliphatic carboxylic acids is 1. The number of carbonyl (C=O) groups excluding carboxylic acids is 1. The van der Waals surface area contributed by atoms with Gasteiger partial charge in [-0.3, -0.25) is 9.59 Å². The molecule has 1 N–H and O–H groups in total. The van der Waals surface area contributed by atoms with Gasteiger partial charge in [0.1, 0.15) is 6.10 Å². The van der Waals surface area contributed by atoms with Gasteiger partial charge >= 0.3 is 11.9 Å². The maximum absolute atomic E-state index is 13.3. The Kier molecular flexibility index (Phi) is 5.66. The van der Waals surface area contributed by atoms with Gasteiger partial charge < -0.3 is 9.84 Å². The van der Waals surface area contributed by atoms with Gasteiger partial charge in [-0.25, -0.2) is 0 Å². The Morgan fingerprint density at radius 1 is 0.733 bits per heavy atom. The molecular weight excluding hydrogens is 376 g/mol. The molecule has 3 aromatic rings. The molecule has 0 amide bonds. The minimum atomic E-state index is -0.891. The van der Waals surface area contributed by atoms with Crippen LogP contribution in [0.15, 0.2) is 91.0 Å². The number of hydrogen-bond donors (Lipinski definition) is 1. The number of carboxylic acids is 1. The highest BCUT2D eigenvalue weighted by Crippen LogP contribution is 2.58. The van der Waals surface area contributed by atoms with Crippen molar-refractivity contribution < 1.29 is 19.4 Å². The summed E-state index contributed by atoms with van der Waals surface area (Å²) in [6.45, 7) is 1.84. The summed E-state index contributed by atoms with van der Waals surface area (Å²) in [5.41, 5.74) is 2.62. The van der Waals surface area contributed by atoms with E-state index in [1.165, 1.54) is 0 Å². The third-order valence-corrected chi connectivity index (χ3v) is 6.04. The predicted molar refractivity (Wildman–Crippen MR) is 114 cm³/mol. The van der Waals surface area contributed by atoms with E-state index in [1.54, 1.807) is 0 Å². The van der Waals surface area contributed by atoms with Crippen LogP contribution < -0.4 is 0 Å². The van der Waals surface area contributed by atoms with Crippen LogP contribution >= 0.6 is 0 Å². The third kappa shape index (κ3) is 3.73. The van der Waals surface area contributed by atoms with Crippen LogP contribution in [0, 0.1) is 11.8 Å². The molecule has 0 spiro atoms. The van der Waals surface area contributed by atoms with Crippen LogP contribution in [0.2, 0.25) is 0 Å². The highest BCUT2D eigenvalue weighted by Gasteiger charge is 2.59. The van der Waals surface area contributed by atoms with Crippen LogP contribution in [-0.4, -0.2) is 17.0 Å². The van der Waals surface area contributed by atoms with Gasteiger partial charge in [0.15, 0.2) is 0 Å². The molecule has 0 radical (unpaired) electrons. The average Bonchev–Trinajstić information content (AvgIpc) is 2.75. The summed E-state index contributed by atoms with van der Waals surface area (Å²) in [5.74, 6) is -3.33. The van der Waals surface area contributed by atoms with E-state index in [1.807, 2.05) is 97.9 Å². The Morgan fingerprint density at radius 3 is 1.60 bits per heavy atom. The minimum absolute atomic E-state index is 0.355. The number of esters is 1. The molecule has 1 aliphatic rings. The highest BCUT2D eigenvalue weighted by atomic mass is 16.5. The van der Waals surface area contributed by atoms with Crippen LogP contribution in [0.3, 0.4) is 0 Å². The topological polar surface area (TPSA) is 63.6 Å². The molecule has 4 heteroatoms. The lowest BCUT2D eigenvalue weighted by atomic mass is 9.52. The zero-order chi connectivity index (χ0) is 21.1. The maximum Gasteiger partial charge on any atom is 0.310 e. The van der Waals surface area contributed by atoms with Gasteiger partial charge in [-0.15, -0.1) is 0 Å². The Morgan fingerprint density at radius 2 is 1.17 bits per heavy atom. The second kappa shape index (κ2) is 8.54. The van der Waals surface area contributed by atoms with E-state index in [0.717, 1.165) is 16.7 Å². The summed E-state index contributed by atoms with van der Waals surface area (Å²) in [4.78, 5) is 25.5. The fraction of sp³-hybridized carbons (Fsp3) is 0.231. The van der Waals surface area contributed by atoms with Crippen LogP contribution in [-0.2, 0) is 14.3 Å². The van der Waals surface area contributed by atoms with Gasteiger partial charge in [-0.2, -0.15) is 0 Å². The van der Waals surface area contributed by atoms with Crippen LogP contribution in [0.4, 0.5) is 0 Å². The number of ether oxygens (including phenoxy) is 1. The van der Waals surface area contributed by atoms with Crippen molar-refractivity contribution in [3.8, 4) is 0 Å².